The molecule has 0 spiro atoms. The van der Waals surface area contributed by atoms with Crippen molar-refractivity contribution < 1.29 is 17.9 Å². The highest BCUT2D eigenvalue weighted by molar-refractivity contribution is 7.90. The van der Waals surface area contributed by atoms with Gasteiger partial charge in [0.2, 0.25) is 16.0 Å². The number of anilines is 1. The van der Waals surface area contributed by atoms with Crippen molar-refractivity contribution in [3.8, 4) is 0 Å². The number of sulfonamides is 1. The van der Waals surface area contributed by atoms with Crippen molar-refractivity contribution in [3.05, 3.63) is 30.4 Å². The third-order valence-electron chi connectivity index (χ3n) is 4.59. The minimum atomic E-state index is -3.05. The van der Waals surface area contributed by atoms with E-state index in [9.17, 15) is 17.9 Å². The third-order valence-corrected chi connectivity index (χ3v) is 6.95. The molecule has 0 aromatic carbocycles. The molecule has 1 unspecified atom stereocenters. The number of rotatable bonds is 3. The molecule has 2 aromatic rings. The van der Waals surface area contributed by atoms with Crippen molar-refractivity contribution in [2.45, 2.75) is 44.0 Å². The largest absolute Gasteiger partial charge is 0.392 e. The van der Waals surface area contributed by atoms with Crippen LogP contribution in [0.4, 0.5) is 10.3 Å². The Kier molecular flexibility index (Phi) is 5.50. The minimum absolute atomic E-state index is 0.107. The molecule has 27 heavy (non-hydrogen) atoms. The van der Waals surface area contributed by atoms with E-state index >= 15 is 0 Å². The van der Waals surface area contributed by atoms with Gasteiger partial charge in [-0.25, -0.2) is 22.3 Å². The Labute approximate surface area is 157 Å². The fourth-order valence-electron chi connectivity index (χ4n) is 3.00. The molecule has 3 N–H and O–H groups in total. The van der Waals surface area contributed by atoms with E-state index in [0.29, 0.717) is 24.3 Å². The van der Waals surface area contributed by atoms with Crippen LogP contribution in [-0.2, 0) is 10.0 Å². The first-order chi connectivity index (χ1) is 12.7. The Hall–Kier alpha value is -2.04. The molecule has 0 amide bonds. The number of allylic oxidation sites excluding steroid dienone is 1. The van der Waals surface area contributed by atoms with Crippen molar-refractivity contribution in [2.24, 2.45) is 0 Å². The number of aliphatic hydroxyl groups is 1. The summed E-state index contributed by atoms with van der Waals surface area (Å²) in [7, 11) is -3.05. The Morgan fingerprint density at radius 3 is 2.70 bits per heavy atom. The standard InChI is InChI=1S/C9H9FN4.C8H15NO3S/c1-5(2)7-3-6(10)8-4-12-9(11)13-14(7)8;10-7-2-1-5-9(6-7)13(11,12)8-3-4-8/h3-4H,1H2,2H3,(H2,11,13);7-8,10H,1-6H2. The van der Waals surface area contributed by atoms with Gasteiger partial charge in [0.05, 0.1) is 23.2 Å². The average molecular weight is 397 g/mol. The molecular formula is C17H24FN5O3S. The zero-order valence-corrected chi connectivity index (χ0v) is 16.0. The number of halogens is 1. The van der Waals surface area contributed by atoms with Crippen LogP contribution in [0.1, 0.15) is 38.3 Å². The van der Waals surface area contributed by atoms with E-state index in [0.717, 1.165) is 31.3 Å². The number of nitrogens with zero attached hydrogens (tertiary/aromatic N) is 4. The summed E-state index contributed by atoms with van der Waals surface area (Å²) in [5.41, 5.74) is 7.04. The van der Waals surface area contributed by atoms with Crippen LogP contribution in [-0.4, -0.2) is 56.9 Å². The first-order valence-corrected chi connectivity index (χ1v) is 10.3. The van der Waals surface area contributed by atoms with Crippen molar-refractivity contribution in [1.29, 1.82) is 0 Å². The second-order valence-electron chi connectivity index (χ2n) is 6.97. The van der Waals surface area contributed by atoms with Crippen molar-refractivity contribution >= 4 is 27.1 Å². The number of hydrogen-bond acceptors (Lipinski definition) is 6. The average Bonchev–Trinajstić information content (AvgIpc) is 3.41. The van der Waals surface area contributed by atoms with Gasteiger partial charge in [0.15, 0.2) is 5.82 Å². The third kappa shape index (κ3) is 4.28. The van der Waals surface area contributed by atoms with Gasteiger partial charge < -0.3 is 10.8 Å². The van der Waals surface area contributed by atoms with Gasteiger partial charge in [0.25, 0.3) is 0 Å². The van der Waals surface area contributed by atoms with Gasteiger partial charge in [-0.05, 0) is 38.2 Å². The summed E-state index contributed by atoms with van der Waals surface area (Å²) in [5.74, 6) is -0.265. The number of fused-ring (bicyclic) bond motifs is 1. The highest BCUT2D eigenvalue weighted by atomic mass is 32.2. The van der Waals surface area contributed by atoms with Crippen LogP contribution in [0.25, 0.3) is 11.1 Å². The van der Waals surface area contributed by atoms with Gasteiger partial charge in [-0.3, -0.25) is 0 Å². The number of nitrogen functional groups attached to an aromatic ring is 1. The zero-order valence-electron chi connectivity index (χ0n) is 15.2. The molecule has 2 aromatic heterocycles. The molecule has 4 rings (SSSR count). The Morgan fingerprint density at radius 1 is 1.41 bits per heavy atom. The number of aliphatic hydroxyl groups excluding tert-OH is 1. The molecule has 2 aliphatic rings. The molecule has 1 atom stereocenters. The van der Waals surface area contributed by atoms with E-state index in [-0.39, 0.29) is 17.0 Å². The van der Waals surface area contributed by atoms with Crippen LogP contribution in [0.2, 0.25) is 0 Å². The van der Waals surface area contributed by atoms with E-state index in [1.165, 1.54) is 21.1 Å². The fraction of sp³-hybridized carbons (Fsp3) is 0.529. The van der Waals surface area contributed by atoms with Gasteiger partial charge >= 0.3 is 0 Å². The SMILES string of the molecule is C=C(C)c1cc(F)c2cnc(N)nn12.O=S(=O)(C1CC1)N1CCCC(O)C1. The van der Waals surface area contributed by atoms with Crippen molar-refractivity contribution in [2.75, 3.05) is 18.8 Å². The van der Waals surface area contributed by atoms with Crippen LogP contribution in [0.3, 0.4) is 0 Å². The van der Waals surface area contributed by atoms with Crippen LogP contribution in [0, 0.1) is 5.82 Å². The second-order valence-corrected chi connectivity index (χ2v) is 9.18. The molecule has 1 saturated carbocycles. The van der Waals surface area contributed by atoms with E-state index in [1.54, 1.807) is 6.92 Å². The topological polar surface area (TPSA) is 114 Å². The molecule has 0 bridgehead atoms. The Bertz CT molecular complexity index is 955. The van der Waals surface area contributed by atoms with E-state index < -0.39 is 16.1 Å². The predicted molar refractivity (Wildman–Crippen MR) is 101 cm³/mol. The molecule has 8 nitrogen and oxygen atoms in total. The molecule has 1 saturated heterocycles. The maximum atomic E-state index is 13.3. The second kappa shape index (κ2) is 7.53. The fourth-order valence-corrected chi connectivity index (χ4v) is 4.92. The van der Waals surface area contributed by atoms with Crippen LogP contribution >= 0.6 is 0 Å². The molecule has 2 fully saturated rings. The van der Waals surface area contributed by atoms with Gasteiger partial charge in [-0.2, -0.15) is 4.31 Å². The van der Waals surface area contributed by atoms with Crippen LogP contribution in [0.15, 0.2) is 18.8 Å². The quantitative estimate of drug-likeness (QED) is 0.810. The van der Waals surface area contributed by atoms with E-state index in [4.69, 9.17) is 5.73 Å². The predicted octanol–water partition coefficient (Wildman–Crippen LogP) is 1.42. The van der Waals surface area contributed by atoms with Crippen molar-refractivity contribution in [1.82, 2.24) is 18.9 Å². The normalized spacial score (nSPS) is 20.9. The maximum Gasteiger partial charge on any atom is 0.238 e. The smallest absolute Gasteiger partial charge is 0.238 e. The van der Waals surface area contributed by atoms with Crippen LogP contribution < -0.4 is 5.73 Å². The number of aromatic nitrogens is 3. The summed E-state index contributed by atoms with van der Waals surface area (Å²) >= 11 is 0. The summed E-state index contributed by atoms with van der Waals surface area (Å²) in [6, 6.07) is 1.37. The summed E-state index contributed by atoms with van der Waals surface area (Å²) in [5, 5.41) is 13.1. The van der Waals surface area contributed by atoms with Gasteiger partial charge in [0.1, 0.15) is 5.52 Å². The number of piperidine rings is 1. The zero-order chi connectivity index (χ0) is 19.8. The highest BCUT2D eigenvalue weighted by Crippen LogP contribution is 2.32. The minimum Gasteiger partial charge on any atom is -0.392 e. The first kappa shape index (κ1) is 19.7. The first-order valence-electron chi connectivity index (χ1n) is 8.83. The van der Waals surface area contributed by atoms with Crippen molar-refractivity contribution in [3.63, 3.8) is 0 Å². The van der Waals surface area contributed by atoms with Gasteiger partial charge in [-0.15, -0.1) is 5.10 Å². The molecule has 148 valence electrons. The number of nitrogens with two attached hydrogens (primary N) is 1. The van der Waals surface area contributed by atoms with E-state index in [2.05, 4.69) is 16.7 Å². The molecule has 0 radical (unpaired) electrons. The summed E-state index contributed by atoms with van der Waals surface area (Å²) < 4.78 is 39.6. The Morgan fingerprint density at radius 2 is 2.11 bits per heavy atom. The molecule has 1 aliphatic heterocycles. The maximum absolute atomic E-state index is 13.3. The van der Waals surface area contributed by atoms with E-state index in [1.807, 2.05) is 0 Å². The molecular weight excluding hydrogens is 373 g/mol. The number of hydrogen-bond donors (Lipinski definition) is 2. The van der Waals surface area contributed by atoms with Crippen LogP contribution in [0.5, 0.6) is 0 Å². The Balaban J connectivity index is 0.000000156. The highest BCUT2D eigenvalue weighted by Gasteiger charge is 2.41. The summed E-state index contributed by atoms with van der Waals surface area (Å²) in [6.45, 7) is 6.40. The monoisotopic (exact) mass is 397 g/mol. The lowest BCUT2D eigenvalue weighted by atomic mass is 10.1. The summed E-state index contributed by atoms with van der Waals surface area (Å²) in [6.07, 6.45) is 4.01. The summed E-state index contributed by atoms with van der Waals surface area (Å²) in [4.78, 5) is 3.72. The molecule has 3 heterocycles. The molecule has 10 heteroatoms. The molecule has 1 aliphatic carbocycles. The number of β-amino-alcohol motifs (C(OH)–C–C–N with tert-alkyl or cyclic N) is 1. The lowest BCUT2D eigenvalue weighted by molar-refractivity contribution is 0.108. The van der Waals surface area contributed by atoms with Gasteiger partial charge in [-0.1, -0.05) is 6.58 Å². The lowest BCUT2D eigenvalue weighted by Crippen LogP contribution is -2.43. The van der Waals surface area contributed by atoms with Gasteiger partial charge in [0, 0.05) is 19.2 Å². The lowest BCUT2D eigenvalue weighted by Gasteiger charge is -2.29.